The van der Waals surface area contributed by atoms with Gasteiger partial charge in [-0.2, -0.15) is 5.26 Å². The van der Waals surface area contributed by atoms with E-state index in [1.807, 2.05) is 6.92 Å². The van der Waals surface area contributed by atoms with Gasteiger partial charge < -0.3 is 9.64 Å². The zero-order valence-electron chi connectivity index (χ0n) is 9.25. The van der Waals surface area contributed by atoms with E-state index >= 15 is 0 Å². The van der Waals surface area contributed by atoms with Gasteiger partial charge in [-0.25, -0.2) is 0 Å². The molecule has 80 valence electrons. The second-order valence-corrected chi connectivity index (χ2v) is 4.27. The summed E-state index contributed by atoms with van der Waals surface area (Å²) in [7, 11) is 2.11. The molecule has 0 spiro atoms. The molecule has 1 aliphatic rings. The molecule has 0 N–H and O–H groups in total. The van der Waals surface area contributed by atoms with Crippen molar-refractivity contribution in [2.24, 2.45) is 5.41 Å². The lowest BCUT2D eigenvalue weighted by Gasteiger charge is -2.21. The first-order valence-corrected chi connectivity index (χ1v) is 5.36. The molecule has 3 nitrogen and oxygen atoms in total. The smallest absolute Gasteiger partial charge is 0.0628 e. The van der Waals surface area contributed by atoms with Crippen LogP contribution >= 0.6 is 0 Å². The van der Waals surface area contributed by atoms with E-state index in [-0.39, 0.29) is 0 Å². The van der Waals surface area contributed by atoms with Crippen LogP contribution in [0.5, 0.6) is 0 Å². The molecule has 1 saturated carbocycles. The highest BCUT2D eigenvalue weighted by atomic mass is 16.5. The van der Waals surface area contributed by atoms with Gasteiger partial charge in [0.05, 0.1) is 12.7 Å². The Kier molecular flexibility index (Phi) is 4.37. The maximum atomic E-state index is 8.68. The molecule has 0 aromatic rings. The molecule has 0 heterocycles. The minimum atomic E-state index is 0.329. The SMILES string of the molecule is CCOCCN(C)CC1(CC#N)CC1. The third-order valence-corrected chi connectivity index (χ3v) is 2.84. The molecule has 1 fully saturated rings. The Morgan fingerprint density at radius 1 is 1.50 bits per heavy atom. The second kappa shape index (κ2) is 5.33. The summed E-state index contributed by atoms with van der Waals surface area (Å²) in [5.74, 6) is 0. The molecule has 0 atom stereocenters. The van der Waals surface area contributed by atoms with E-state index in [4.69, 9.17) is 10.00 Å². The first-order valence-electron chi connectivity index (χ1n) is 5.36. The van der Waals surface area contributed by atoms with Gasteiger partial charge in [0, 0.05) is 26.1 Å². The number of nitriles is 1. The van der Waals surface area contributed by atoms with Gasteiger partial charge in [0.2, 0.25) is 0 Å². The van der Waals surface area contributed by atoms with Crippen LogP contribution in [-0.2, 0) is 4.74 Å². The summed E-state index contributed by atoms with van der Waals surface area (Å²) in [6, 6.07) is 2.29. The van der Waals surface area contributed by atoms with Crippen molar-refractivity contribution >= 4 is 0 Å². The van der Waals surface area contributed by atoms with Crippen LogP contribution in [0.1, 0.15) is 26.2 Å². The number of hydrogen-bond donors (Lipinski definition) is 0. The Labute approximate surface area is 86.6 Å². The summed E-state index contributed by atoms with van der Waals surface area (Å²) in [5.41, 5.74) is 0.329. The third kappa shape index (κ3) is 3.65. The molecule has 0 aromatic carbocycles. The number of hydrogen-bond acceptors (Lipinski definition) is 3. The van der Waals surface area contributed by atoms with Gasteiger partial charge in [-0.05, 0) is 32.2 Å². The fourth-order valence-electron chi connectivity index (χ4n) is 1.75. The van der Waals surface area contributed by atoms with E-state index in [1.165, 1.54) is 12.8 Å². The van der Waals surface area contributed by atoms with Crippen molar-refractivity contribution in [2.75, 3.05) is 33.4 Å². The molecular formula is C11H20N2O. The molecule has 0 bridgehead atoms. The average molecular weight is 196 g/mol. The molecule has 0 aromatic heterocycles. The van der Waals surface area contributed by atoms with Crippen molar-refractivity contribution in [3.63, 3.8) is 0 Å². The molecule has 3 heteroatoms. The highest BCUT2D eigenvalue weighted by Crippen LogP contribution is 2.48. The van der Waals surface area contributed by atoms with Crippen molar-refractivity contribution in [3.8, 4) is 6.07 Å². The van der Waals surface area contributed by atoms with Crippen LogP contribution < -0.4 is 0 Å². The molecule has 0 radical (unpaired) electrons. The maximum absolute atomic E-state index is 8.68. The predicted molar refractivity (Wildman–Crippen MR) is 55.9 cm³/mol. The van der Waals surface area contributed by atoms with Crippen molar-refractivity contribution in [3.05, 3.63) is 0 Å². The lowest BCUT2D eigenvalue weighted by atomic mass is 10.0. The van der Waals surface area contributed by atoms with Crippen molar-refractivity contribution in [1.29, 1.82) is 5.26 Å². The standard InChI is InChI=1S/C11H20N2O/c1-3-14-9-8-13(2)10-11(4-5-11)6-7-12/h3-6,8-10H2,1-2H3. The molecule has 1 aliphatic carbocycles. The molecule has 0 aliphatic heterocycles. The molecular weight excluding hydrogens is 176 g/mol. The van der Waals surface area contributed by atoms with Crippen LogP contribution in [0.25, 0.3) is 0 Å². The largest absolute Gasteiger partial charge is 0.380 e. The fraction of sp³-hybridized carbons (Fsp3) is 0.909. The highest BCUT2D eigenvalue weighted by molar-refractivity contribution is 5.00. The summed E-state index contributed by atoms with van der Waals surface area (Å²) in [4.78, 5) is 2.28. The van der Waals surface area contributed by atoms with Crippen LogP contribution in [0.4, 0.5) is 0 Å². The van der Waals surface area contributed by atoms with Crippen molar-refractivity contribution in [1.82, 2.24) is 4.90 Å². The van der Waals surface area contributed by atoms with Crippen molar-refractivity contribution < 1.29 is 4.74 Å². The molecule has 0 amide bonds. The summed E-state index contributed by atoms with van der Waals surface area (Å²) in [6.45, 7) is 5.62. The van der Waals surface area contributed by atoms with Gasteiger partial charge in [0.1, 0.15) is 0 Å². The number of rotatable bonds is 7. The van der Waals surface area contributed by atoms with E-state index in [9.17, 15) is 0 Å². The topological polar surface area (TPSA) is 36.3 Å². The zero-order valence-corrected chi connectivity index (χ0v) is 9.25. The third-order valence-electron chi connectivity index (χ3n) is 2.84. The van der Waals surface area contributed by atoms with Crippen LogP contribution in [0.2, 0.25) is 0 Å². The van der Waals surface area contributed by atoms with Gasteiger partial charge in [0.15, 0.2) is 0 Å². The highest BCUT2D eigenvalue weighted by Gasteiger charge is 2.42. The molecule has 0 unspecified atom stereocenters. The number of likely N-dealkylation sites (N-methyl/N-ethyl adjacent to an activating group) is 1. The van der Waals surface area contributed by atoms with E-state index in [0.29, 0.717) is 11.8 Å². The van der Waals surface area contributed by atoms with Gasteiger partial charge in [0.25, 0.3) is 0 Å². The normalized spacial score (nSPS) is 18.1. The molecule has 0 saturated heterocycles. The van der Waals surface area contributed by atoms with E-state index < -0.39 is 0 Å². The lowest BCUT2D eigenvalue weighted by Crippen LogP contribution is -2.29. The maximum Gasteiger partial charge on any atom is 0.0628 e. The number of nitrogens with zero attached hydrogens (tertiary/aromatic N) is 2. The minimum absolute atomic E-state index is 0.329. The van der Waals surface area contributed by atoms with E-state index in [1.54, 1.807) is 0 Å². The first-order chi connectivity index (χ1) is 6.72. The van der Waals surface area contributed by atoms with Gasteiger partial charge in [-0.3, -0.25) is 0 Å². The van der Waals surface area contributed by atoms with Crippen LogP contribution in [0.15, 0.2) is 0 Å². The Balaban J connectivity index is 2.14. The number of ether oxygens (including phenoxy) is 1. The van der Waals surface area contributed by atoms with Crippen LogP contribution in [-0.4, -0.2) is 38.3 Å². The zero-order chi connectivity index (χ0) is 10.4. The van der Waals surface area contributed by atoms with Gasteiger partial charge in [-0.15, -0.1) is 0 Å². The van der Waals surface area contributed by atoms with E-state index in [2.05, 4.69) is 18.0 Å². The fourth-order valence-corrected chi connectivity index (χ4v) is 1.75. The van der Waals surface area contributed by atoms with Gasteiger partial charge >= 0.3 is 0 Å². The van der Waals surface area contributed by atoms with Gasteiger partial charge in [-0.1, -0.05) is 0 Å². The molecule has 14 heavy (non-hydrogen) atoms. The second-order valence-electron chi connectivity index (χ2n) is 4.27. The monoisotopic (exact) mass is 196 g/mol. The van der Waals surface area contributed by atoms with E-state index in [0.717, 1.165) is 26.3 Å². The molecule has 1 rings (SSSR count). The summed E-state index contributed by atoms with van der Waals surface area (Å²) < 4.78 is 5.29. The minimum Gasteiger partial charge on any atom is -0.380 e. The first kappa shape index (κ1) is 11.5. The summed E-state index contributed by atoms with van der Waals surface area (Å²) in [6.07, 6.45) is 3.16. The predicted octanol–water partition coefficient (Wildman–Crippen LogP) is 1.65. The Hall–Kier alpha value is -0.590. The lowest BCUT2D eigenvalue weighted by molar-refractivity contribution is 0.115. The Morgan fingerprint density at radius 2 is 2.21 bits per heavy atom. The quantitative estimate of drug-likeness (QED) is 0.581. The van der Waals surface area contributed by atoms with Crippen LogP contribution in [0, 0.1) is 16.7 Å². The van der Waals surface area contributed by atoms with Crippen molar-refractivity contribution in [2.45, 2.75) is 26.2 Å². The Bertz CT molecular complexity index is 206. The summed E-state index contributed by atoms with van der Waals surface area (Å²) in [5, 5.41) is 8.68. The average Bonchev–Trinajstić information content (AvgIpc) is 2.86. The Morgan fingerprint density at radius 3 is 2.71 bits per heavy atom. The summed E-state index contributed by atoms with van der Waals surface area (Å²) >= 11 is 0. The van der Waals surface area contributed by atoms with Crippen LogP contribution in [0.3, 0.4) is 0 Å².